The Morgan fingerprint density at radius 1 is 0.750 bits per heavy atom. The summed E-state index contributed by atoms with van der Waals surface area (Å²) in [7, 11) is 0. The van der Waals surface area contributed by atoms with E-state index in [-0.39, 0.29) is 0 Å². The summed E-state index contributed by atoms with van der Waals surface area (Å²) in [5.41, 5.74) is 0. The highest BCUT2D eigenvalue weighted by Gasteiger charge is 2.30. The number of unbranched alkanes of at least 4 members (excludes halogenated alkanes) is 1. The summed E-state index contributed by atoms with van der Waals surface area (Å²) in [6, 6.07) is 0. The second kappa shape index (κ2) is 9.07. The van der Waals surface area contributed by atoms with Gasteiger partial charge in [0.15, 0.2) is 0 Å². The van der Waals surface area contributed by atoms with E-state index in [2.05, 4.69) is 13.8 Å². The predicted octanol–water partition coefficient (Wildman–Crippen LogP) is 5.97. The van der Waals surface area contributed by atoms with Crippen molar-refractivity contribution in [2.45, 2.75) is 97.0 Å². The van der Waals surface area contributed by atoms with Crippen molar-refractivity contribution in [3.63, 3.8) is 0 Å². The van der Waals surface area contributed by atoms with Gasteiger partial charge in [0.2, 0.25) is 0 Å². The molecule has 0 saturated heterocycles. The Morgan fingerprint density at radius 2 is 1.35 bits per heavy atom. The van der Waals surface area contributed by atoms with Crippen molar-refractivity contribution in [3.05, 3.63) is 0 Å². The van der Waals surface area contributed by atoms with Gasteiger partial charge in [-0.05, 0) is 62.7 Å². The smallest absolute Gasteiger partial charge is 0.0575 e. The molecule has 0 spiro atoms. The quantitative estimate of drug-likeness (QED) is 0.558. The molecule has 2 saturated carbocycles. The van der Waals surface area contributed by atoms with Gasteiger partial charge in [-0.1, -0.05) is 46.0 Å². The molecular weight excluding hydrogens is 244 g/mol. The van der Waals surface area contributed by atoms with Gasteiger partial charge in [-0.3, -0.25) is 0 Å². The van der Waals surface area contributed by atoms with Gasteiger partial charge in [0.25, 0.3) is 0 Å². The van der Waals surface area contributed by atoms with E-state index in [0.29, 0.717) is 6.10 Å². The Kier molecular flexibility index (Phi) is 7.41. The van der Waals surface area contributed by atoms with Crippen LogP contribution in [0, 0.1) is 17.8 Å². The highest BCUT2D eigenvalue weighted by atomic mass is 16.5. The molecule has 118 valence electrons. The normalized spacial score (nSPS) is 35.1. The van der Waals surface area contributed by atoms with E-state index in [1.165, 1.54) is 77.0 Å². The minimum absolute atomic E-state index is 0.590. The zero-order chi connectivity index (χ0) is 14.2. The summed E-state index contributed by atoms with van der Waals surface area (Å²) in [6.45, 7) is 5.51. The van der Waals surface area contributed by atoms with E-state index in [1.807, 2.05) is 0 Å². The standard InChI is InChI=1S/C19H36O/c1-3-5-6-16-7-9-17(10-8-16)18-11-13-19(14-12-18)20-15-4-2/h16-19H,3-15H2,1-2H3/t16-,17-,18-,19-. The number of rotatable bonds is 7. The van der Waals surface area contributed by atoms with E-state index in [4.69, 9.17) is 4.74 Å². The van der Waals surface area contributed by atoms with E-state index < -0.39 is 0 Å². The zero-order valence-electron chi connectivity index (χ0n) is 13.9. The molecule has 0 bridgehead atoms. The number of hydrogen-bond acceptors (Lipinski definition) is 1. The van der Waals surface area contributed by atoms with Gasteiger partial charge in [-0.2, -0.15) is 0 Å². The van der Waals surface area contributed by atoms with Crippen LogP contribution in [0.15, 0.2) is 0 Å². The summed E-state index contributed by atoms with van der Waals surface area (Å²) in [6.07, 6.45) is 17.7. The van der Waals surface area contributed by atoms with Crippen LogP contribution in [0.25, 0.3) is 0 Å². The molecule has 2 fully saturated rings. The lowest BCUT2D eigenvalue weighted by atomic mass is 9.70. The van der Waals surface area contributed by atoms with Crippen molar-refractivity contribution in [3.8, 4) is 0 Å². The number of hydrogen-bond donors (Lipinski definition) is 0. The lowest BCUT2D eigenvalue weighted by Gasteiger charge is -2.37. The fourth-order valence-electron chi connectivity index (χ4n) is 4.45. The van der Waals surface area contributed by atoms with Crippen LogP contribution in [-0.2, 0) is 4.74 Å². The SMILES string of the molecule is CCCC[C@H]1CC[C@H]([C@H]2CC[C@H](OCCC)CC2)CC1. The van der Waals surface area contributed by atoms with Gasteiger partial charge in [0.1, 0.15) is 0 Å². The zero-order valence-corrected chi connectivity index (χ0v) is 13.9. The minimum Gasteiger partial charge on any atom is -0.378 e. The van der Waals surface area contributed by atoms with Gasteiger partial charge in [-0.15, -0.1) is 0 Å². The molecule has 0 aromatic heterocycles. The first kappa shape index (κ1) is 16.3. The van der Waals surface area contributed by atoms with Crippen molar-refractivity contribution in [2.24, 2.45) is 17.8 Å². The van der Waals surface area contributed by atoms with E-state index >= 15 is 0 Å². The molecule has 2 aliphatic carbocycles. The molecule has 0 radical (unpaired) electrons. The van der Waals surface area contributed by atoms with Crippen LogP contribution in [0.5, 0.6) is 0 Å². The van der Waals surface area contributed by atoms with Crippen LogP contribution >= 0.6 is 0 Å². The maximum atomic E-state index is 5.93. The average Bonchev–Trinajstić information content (AvgIpc) is 2.52. The molecule has 0 atom stereocenters. The van der Waals surface area contributed by atoms with Gasteiger partial charge in [0, 0.05) is 6.61 Å². The largest absolute Gasteiger partial charge is 0.378 e. The molecule has 0 unspecified atom stereocenters. The van der Waals surface area contributed by atoms with Crippen LogP contribution in [0.3, 0.4) is 0 Å². The average molecular weight is 280 g/mol. The minimum atomic E-state index is 0.590. The third-order valence-electron chi connectivity index (χ3n) is 5.80. The van der Waals surface area contributed by atoms with Gasteiger partial charge in [0.05, 0.1) is 6.10 Å². The van der Waals surface area contributed by atoms with Gasteiger partial charge >= 0.3 is 0 Å². The highest BCUT2D eigenvalue weighted by molar-refractivity contribution is 4.82. The highest BCUT2D eigenvalue weighted by Crippen LogP contribution is 2.41. The Labute approximate surface area is 126 Å². The lowest BCUT2D eigenvalue weighted by molar-refractivity contribution is 0.00726. The molecule has 1 nitrogen and oxygen atoms in total. The summed E-state index contributed by atoms with van der Waals surface area (Å²) >= 11 is 0. The van der Waals surface area contributed by atoms with Crippen molar-refractivity contribution < 1.29 is 4.74 Å². The first-order valence-corrected chi connectivity index (χ1v) is 9.45. The van der Waals surface area contributed by atoms with Crippen molar-refractivity contribution >= 4 is 0 Å². The molecule has 0 aromatic carbocycles. The van der Waals surface area contributed by atoms with Crippen molar-refractivity contribution in [1.82, 2.24) is 0 Å². The lowest BCUT2D eigenvalue weighted by Crippen LogP contribution is -2.28. The molecule has 0 amide bonds. The third-order valence-corrected chi connectivity index (χ3v) is 5.80. The van der Waals surface area contributed by atoms with E-state index in [9.17, 15) is 0 Å². The van der Waals surface area contributed by atoms with Crippen LogP contribution < -0.4 is 0 Å². The van der Waals surface area contributed by atoms with E-state index in [0.717, 1.165) is 24.4 Å². The Balaban J connectivity index is 1.63. The Hall–Kier alpha value is -0.0400. The number of ether oxygens (including phenoxy) is 1. The second-order valence-corrected chi connectivity index (χ2v) is 7.33. The summed E-state index contributed by atoms with van der Waals surface area (Å²) in [5.74, 6) is 3.15. The first-order valence-electron chi connectivity index (χ1n) is 9.45. The Bertz CT molecular complexity index is 208. The molecule has 0 N–H and O–H groups in total. The maximum Gasteiger partial charge on any atom is 0.0575 e. The second-order valence-electron chi connectivity index (χ2n) is 7.33. The van der Waals surface area contributed by atoms with Gasteiger partial charge < -0.3 is 4.74 Å². The predicted molar refractivity (Wildman–Crippen MR) is 87.0 cm³/mol. The summed E-state index contributed by atoms with van der Waals surface area (Å²) < 4.78 is 5.93. The van der Waals surface area contributed by atoms with E-state index in [1.54, 1.807) is 0 Å². The van der Waals surface area contributed by atoms with Crippen LogP contribution in [0.2, 0.25) is 0 Å². The maximum absolute atomic E-state index is 5.93. The van der Waals surface area contributed by atoms with Crippen molar-refractivity contribution in [1.29, 1.82) is 0 Å². The molecule has 0 aromatic rings. The fraction of sp³-hybridized carbons (Fsp3) is 1.00. The molecule has 2 aliphatic rings. The molecule has 2 rings (SSSR count). The monoisotopic (exact) mass is 280 g/mol. The topological polar surface area (TPSA) is 9.23 Å². The molecule has 20 heavy (non-hydrogen) atoms. The summed E-state index contributed by atoms with van der Waals surface area (Å²) in [4.78, 5) is 0. The van der Waals surface area contributed by atoms with Gasteiger partial charge in [-0.25, -0.2) is 0 Å². The van der Waals surface area contributed by atoms with Crippen LogP contribution in [0.1, 0.15) is 90.9 Å². The molecular formula is C19H36O. The third kappa shape index (κ3) is 5.06. The molecule has 0 heterocycles. The first-order chi connectivity index (χ1) is 9.83. The molecule has 1 heteroatoms. The van der Waals surface area contributed by atoms with Crippen LogP contribution in [0.4, 0.5) is 0 Å². The van der Waals surface area contributed by atoms with Crippen molar-refractivity contribution in [2.75, 3.05) is 6.61 Å². The Morgan fingerprint density at radius 3 is 1.90 bits per heavy atom. The van der Waals surface area contributed by atoms with Crippen LogP contribution in [-0.4, -0.2) is 12.7 Å². The fourth-order valence-corrected chi connectivity index (χ4v) is 4.45. The molecule has 0 aliphatic heterocycles. The summed E-state index contributed by atoms with van der Waals surface area (Å²) in [5, 5.41) is 0.